The second-order valence-electron chi connectivity index (χ2n) is 11.8. The molecule has 0 radical (unpaired) electrons. The molecule has 5 aromatic rings. The molecular formula is C34H24N2O4. The predicted molar refractivity (Wildman–Crippen MR) is 151 cm³/mol. The number of carbonyl (C=O) groups is 2. The van der Waals surface area contributed by atoms with Crippen molar-refractivity contribution in [1.82, 2.24) is 0 Å². The smallest absolute Gasteiger partial charge is 0.248 e. The summed E-state index contributed by atoms with van der Waals surface area (Å²) in [6.45, 7) is 0. The molecule has 9 rings (SSSR count). The molecule has 194 valence electrons. The zero-order valence-electron chi connectivity index (χ0n) is 21.4. The van der Waals surface area contributed by atoms with Crippen molar-refractivity contribution in [2.24, 2.45) is 11.5 Å². The van der Waals surface area contributed by atoms with E-state index in [2.05, 4.69) is 24.3 Å². The van der Waals surface area contributed by atoms with E-state index in [-0.39, 0.29) is 23.7 Å². The molecule has 6 N–H and O–H groups in total. The van der Waals surface area contributed by atoms with Crippen LogP contribution in [0.4, 0.5) is 0 Å². The van der Waals surface area contributed by atoms with Gasteiger partial charge in [-0.15, -0.1) is 0 Å². The van der Waals surface area contributed by atoms with E-state index in [9.17, 15) is 19.8 Å². The summed E-state index contributed by atoms with van der Waals surface area (Å²) in [6, 6.07) is 19.6. The first-order chi connectivity index (χ1) is 19.3. The van der Waals surface area contributed by atoms with Crippen LogP contribution in [0, 0.1) is 0 Å². The van der Waals surface area contributed by atoms with Gasteiger partial charge in [0.05, 0.1) is 0 Å². The number of hydrogen-bond acceptors (Lipinski definition) is 4. The Morgan fingerprint density at radius 3 is 1.18 bits per heavy atom. The standard InChI is InChI=1S/C34H24N2O4/c35-33(39)15-3-1-13-7-19-21(9-17(13)5-15)25-11-23(19)27-29(25)32(38)30-26-12-24(28(30)31(27)37)20-8-14-2-4-16(34(36)40)6-18(14)10-22(20)26/h1-10,23-26,37-38H,11-12H2,(H2,35,39)(H2,36,40)/t23-,24+,25+,26-. The third kappa shape index (κ3) is 2.50. The number of hydrogen-bond donors (Lipinski definition) is 4. The molecule has 6 nitrogen and oxygen atoms in total. The Kier molecular flexibility index (Phi) is 3.86. The predicted octanol–water partition coefficient (Wildman–Crippen LogP) is 5.56. The van der Waals surface area contributed by atoms with Crippen LogP contribution in [0.15, 0.2) is 60.7 Å². The highest BCUT2D eigenvalue weighted by atomic mass is 16.3. The Hall–Kier alpha value is -4.84. The van der Waals surface area contributed by atoms with Crippen molar-refractivity contribution < 1.29 is 19.8 Å². The molecule has 6 heteroatoms. The fraction of sp³-hybridized carbons (Fsp3) is 0.176. The van der Waals surface area contributed by atoms with E-state index in [1.54, 1.807) is 12.1 Å². The number of benzene rings is 5. The van der Waals surface area contributed by atoms with E-state index in [1.165, 1.54) is 11.1 Å². The Labute approximate surface area is 228 Å². The van der Waals surface area contributed by atoms with Crippen LogP contribution in [0.1, 0.15) is 102 Å². The zero-order chi connectivity index (χ0) is 27.2. The maximum Gasteiger partial charge on any atom is 0.248 e. The molecule has 4 atom stereocenters. The van der Waals surface area contributed by atoms with Gasteiger partial charge in [-0.2, -0.15) is 0 Å². The largest absolute Gasteiger partial charge is 0.507 e. The van der Waals surface area contributed by atoms with Gasteiger partial charge in [-0.25, -0.2) is 0 Å². The van der Waals surface area contributed by atoms with E-state index in [0.29, 0.717) is 22.6 Å². The van der Waals surface area contributed by atoms with Gasteiger partial charge in [0.2, 0.25) is 11.8 Å². The van der Waals surface area contributed by atoms with E-state index < -0.39 is 11.8 Å². The molecule has 0 spiro atoms. The van der Waals surface area contributed by atoms with Gasteiger partial charge in [-0.1, -0.05) is 36.4 Å². The first-order valence-electron chi connectivity index (χ1n) is 13.7. The number of rotatable bonds is 2. The molecular weight excluding hydrogens is 500 g/mol. The number of phenols is 2. The minimum absolute atomic E-state index is 0.0128. The first kappa shape index (κ1) is 22.0. The van der Waals surface area contributed by atoms with Crippen molar-refractivity contribution in [1.29, 1.82) is 0 Å². The van der Waals surface area contributed by atoms with Crippen molar-refractivity contribution in [3.63, 3.8) is 0 Å². The van der Waals surface area contributed by atoms with Crippen LogP contribution in [0.5, 0.6) is 11.5 Å². The second-order valence-corrected chi connectivity index (χ2v) is 11.8. The maximum absolute atomic E-state index is 11.9. The molecule has 4 bridgehead atoms. The Balaban J connectivity index is 1.22. The SMILES string of the molecule is NC(=O)c1ccc2cc3c(cc2c1)[C@H]1C[C@@H]3c2c(O)c3c(c(O)c21)[C@H]1C[C@@H]3c2cc3ccc(C(N)=O)cc3cc21. The van der Waals surface area contributed by atoms with E-state index in [0.717, 1.165) is 67.8 Å². The summed E-state index contributed by atoms with van der Waals surface area (Å²) in [4.78, 5) is 23.5. The fourth-order valence-corrected chi connectivity index (χ4v) is 8.46. The highest BCUT2D eigenvalue weighted by Gasteiger charge is 2.52. The lowest BCUT2D eigenvalue weighted by Crippen LogP contribution is -2.12. The van der Waals surface area contributed by atoms with Gasteiger partial charge < -0.3 is 21.7 Å². The second kappa shape index (κ2) is 7.02. The zero-order valence-corrected chi connectivity index (χ0v) is 21.4. The minimum atomic E-state index is -0.457. The molecule has 0 aliphatic heterocycles. The number of primary amides is 2. The number of aromatic hydroxyl groups is 2. The van der Waals surface area contributed by atoms with Crippen LogP contribution in [0.2, 0.25) is 0 Å². The number of phenolic OH excluding ortho intramolecular Hbond substituents is 2. The number of carbonyl (C=O) groups excluding carboxylic acids is 2. The van der Waals surface area contributed by atoms with Crippen LogP contribution in [0.3, 0.4) is 0 Å². The molecule has 0 heterocycles. The minimum Gasteiger partial charge on any atom is -0.507 e. The van der Waals surface area contributed by atoms with Gasteiger partial charge in [-0.05, 0) is 80.9 Å². The van der Waals surface area contributed by atoms with Crippen LogP contribution in [-0.2, 0) is 0 Å². The molecule has 40 heavy (non-hydrogen) atoms. The average Bonchev–Trinajstić information content (AvgIpc) is 3.71. The third-order valence-electron chi connectivity index (χ3n) is 10.1. The topological polar surface area (TPSA) is 127 Å². The molecule has 0 saturated carbocycles. The van der Waals surface area contributed by atoms with Gasteiger partial charge in [0, 0.05) is 57.1 Å². The third-order valence-corrected chi connectivity index (χ3v) is 10.1. The normalized spacial score (nSPS) is 22.4. The van der Waals surface area contributed by atoms with Gasteiger partial charge >= 0.3 is 0 Å². The molecule has 0 fully saturated rings. The molecule has 4 aliphatic carbocycles. The van der Waals surface area contributed by atoms with Crippen LogP contribution >= 0.6 is 0 Å². The monoisotopic (exact) mass is 524 g/mol. The Bertz CT molecular complexity index is 1930. The van der Waals surface area contributed by atoms with E-state index >= 15 is 0 Å². The molecule has 0 saturated heterocycles. The molecule has 0 aromatic heterocycles. The van der Waals surface area contributed by atoms with E-state index in [4.69, 9.17) is 11.5 Å². The lowest BCUT2D eigenvalue weighted by molar-refractivity contribution is 0.0992. The molecule has 2 amide bonds. The summed E-state index contributed by atoms with van der Waals surface area (Å²) < 4.78 is 0. The number of amides is 2. The summed E-state index contributed by atoms with van der Waals surface area (Å²) in [7, 11) is 0. The van der Waals surface area contributed by atoms with Crippen LogP contribution < -0.4 is 11.5 Å². The lowest BCUT2D eigenvalue weighted by atomic mass is 9.76. The quantitative estimate of drug-likeness (QED) is 0.225. The van der Waals surface area contributed by atoms with Crippen molar-refractivity contribution >= 4 is 33.4 Å². The average molecular weight is 525 g/mol. The van der Waals surface area contributed by atoms with Crippen molar-refractivity contribution in [3.8, 4) is 11.5 Å². The summed E-state index contributed by atoms with van der Waals surface area (Å²) in [5.41, 5.74) is 20.1. The lowest BCUT2D eigenvalue weighted by Gasteiger charge is -2.29. The maximum atomic E-state index is 11.9. The molecule has 0 unspecified atom stereocenters. The van der Waals surface area contributed by atoms with Crippen LogP contribution in [0.25, 0.3) is 21.5 Å². The summed E-state index contributed by atoms with van der Waals surface area (Å²) in [6.07, 6.45) is 1.63. The van der Waals surface area contributed by atoms with Gasteiger partial charge in [-0.3, -0.25) is 9.59 Å². The molecule has 4 aliphatic rings. The molecule has 5 aromatic carbocycles. The number of nitrogens with two attached hydrogens (primary N) is 2. The fourth-order valence-electron chi connectivity index (χ4n) is 8.46. The highest BCUT2D eigenvalue weighted by Crippen LogP contribution is 2.69. The first-order valence-corrected chi connectivity index (χ1v) is 13.7. The number of fused-ring (bicyclic) bond motifs is 18. The van der Waals surface area contributed by atoms with Gasteiger partial charge in [0.1, 0.15) is 11.5 Å². The summed E-state index contributed by atoms with van der Waals surface area (Å²) in [5.74, 6) is -0.240. The Morgan fingerprint density at radius 1 is 0.525 bits per heavy atom. The summed E-state index contributed by atoms with van der Waals surface area (Å²) in [5, 5.41) is 27.7. The van der Waals surface area contributed by atoms with Crippen molar-refractivity contribution in [2.75, 3.05) is 0 Å². The van der Waals surface area contributed by atoms with Gasteiger partial charge in [0.15, 0.2) is 0 Å². The van der Waals surface area contributed by atoms with Gasteiger partial charge in [0.25, 0.3) is 0 Å². The highest BCUT2D eigenvalue weighted by molar-refractivity contribution is 5.99. The van der Waals surface area contributed by atoms with Crippen LogP contribution in [-0.4, -0.2) is 22.0 Å². The van der Waals surface area contributed by atoms with E-state index in [1.807, 2.05) is 24.3 Å². The van der Waals surface area contributed by atoms with Crippen molar-refractivity contribution in [2.45, 2.75) is 36.5 Å². The summed E-state index contributed by atoms with van der Waals surface area (Å²) >= 11 is 0. The van der Waals surface area contributed by atoms with Crippen molar-refractivity contribution in [3.05, 3.63) is 116 Å². The Morgan fingerprint density at radius 2 is 0.850 bits per heavy atom.